The molecule has 1 heterocycles. The third-order valence-electron chi connectivity index (χ3n) is 5.72. The molecular weight excluding hydrogens is 530 g/mol. The number of hydrogen-bond acceptors (Lipinski definition) is 4. The molecule has 0 unspecified atom stereocenters. The minimum atomic E-state index is -5.08. The van der Waals surface area contributed by atoms with Crippen LogP contribution in [-0.2, 0) is 11.3 Å². The molecule has 204 valence electrons. The third kappa shape index (κ3) is 11.3. The first-order valence-corrected chi connectivity index (χ1v) is 12.7. The van der Waals surface area contributed by atoms with Gasteiger partial charge in [-0.25, -0.2) is 4.79 Å². The summed E-state index contributed by atoms with van der Waals surface area (Å²) in [5.74, 6) is -2.19. The van der Waals surface area contributed by atoms with Crippen LogP contribution in [0.4, 0.5) is 18.9 Å². The first kappa shape index (κ1) is 30.9. The van der Waals surface area contributed by atoms with Crippen molar-refractivity contribution in [1.29, 1.82) is 0 Å². The number of rotatable bonds is 7. The lowest BCUT2D eigenvalue weighted by atomic mass is 10.1. The summed E-state index contributed by atoms with van der Waals surface area (Å²) in [5, 5.41) is 10.9. The van der Waals surface area contributed by atoms with Gasteiger partial charge in [-0.3, -0.25) is 9.69 Å². The number of alkyl halides is 3. The summed E-state index contributed by atoms with van der Waals surface area (Å²) in [6.45, 7) is 11.2. The van der Waals surface area contributed by atoms with Crippen LogP contribution in [0.1, 0.15) is 42.6 Å². The smallest absolute Gasteiger partial charge is 0.475 e. The Labute approximate surface area is 225 Å². The summed E-state index contributed by atoms with van der Waals surface area (Å²) in [6.07, 6.45) is -2.62. The Morgan fingerprint density at radius 3 is 2.27 bits per heavy atom. The van der Waals surface area contributed by atoms with Gasteiger partial charge < -0.3 is 15.3 Å². The van der Waals surface area contributed by atoms with Gasteiger partial charge in [0.05, 0.1) is 10.0 Å². The first-order valence-electron chi connectivity index (χ1n) is 12.0. The second-order valence-corrected chi connectivity index (χ2v) is 10.1. The molecule has 2 aromatic rings. The molecule has 0 spiro atoms. The van der Waals surface area contributed by atoms with E-state index in [1.807, 2.05) is 12.1 Å². The van der Waals surface area contributed by atoms with Crippen molar-refractivity contribution in [2.24, 2.45) is 5.92 Å². The van der Waals surface area contributed by atoms with Crippen LogP contribution >= 0.6 is 23.2 Å². The van der Waals surface area contributed by atoms with Gasteiger partial charge in [0.15, 0.2) is 0 Å². The minimum absolute atomic E-state index is 0.193. The second kappa shape index (κ2) is 14.6. The largest absolute Gasteiger partial charge is 0.490 e. The number of benzene rings is 2. The predicted molar refractivity (Wildman–Crippen MR) is 140 cm³/mol. The van der Waals surface area contributed by atoms with E-state index in [4.69, 9.17) is 33.1 Å². The van der Waals surface area contributed by atoms with Crippen LogP contribution in [0.2, 0.25) is 10.0 Å². The molecule has 6 nitrogen and oxygen atoms in total. The van der Waals surface area contributed by atoms with Crippen molar-refractivity contribution in [1.82, 2.24) is 9.80 Å². The summed E-state index contributed by atoms with van der Waals surface area (Å²) in [6, 6.07) is 13.0. The molecule has 2 N–H and O–H groups in total. The minimum Gasteiger partial charge on any atom is -0.475 e. The number of carbonyl (C=O) groups is 2. The van der Waals surface area contributed by atoms with E-state index in [-0.39, 0.29) is 5.91 Å². The summed E-state index contributed by atoms with van der Waals surface area (Å²) >= 11 is 12.0. The Balaban J connectivity index is 0.000000604. The van der Waals surface area contributed by atoms with Gasteiger partial charge in [-0.2, -0.15) is 13.2 Å². The van der Waals surface area contributed by atoms with Gasteiger partial charge in [-0.1, -0.05) is 49.2 Å². The molecule has 2 aromatic carbocycles. The zero-order valence-corrected chi connectivity index (χ0v) is 22.3. The lowest BCUT2D eigenvalue weighted by Crippen LogP contribution is -2.31. The number of carbonyl (C=O) groups excluding carboxylic acids is 1. The van der Waals surface area contributed by atoms with Crippen LogP contribution in [0, 0.1) is 5.92 Å². The molecule has 1 aliphatic rings. The first-order chi connectivity index (χ1) is 17.3. The average Bonchev–Trinajstić information content (AvgIpc) is 3.04. The monoisotopic (exact) mass is 561 g/mol. The van der Waals surface area contributed by atoms with E-state index in [9.17, 15) is 18.0 Å². The summed E-state index contributed by atoms with van der Waals surface area (Å²) in [5.41, 5.74) is 2.48. The van der Waals surface area contributed by atoms with Gasteiger partial charge in [0.25, 0.3) is 5.91 Å². The standard InChI is InChI=1S/C24H31Cl2N3O.C2HF3O2/c1-18(2)9-12-28-10-4-11-29(14-13-28)17-19-5-3-6-21(15-19)27-24(30)20-7-8-22(25)23(26)16-20;3-2(4,5)1(6)7/h3,5-8,15-16,18H,4,9-14,17H2,1-2H3,(H,27,30);(H,6,7). The summed E-state index contributed by atoms with van der Waals surface area (Å²) < 4.78 is 31.7. The second-order valence-electron chi connectivity index (χ2n) is 9.24. The number of carboxylic acids is 1. The molecule has 3 rings (SSSR count). The maximum Gasteiger partial charge on any atom is 0.490 e. The Hall–Kier alpha value is -2.33. The highest BCUT2D eigenvalue weighted by Crippen LogP contribution is 2.23. The van der Waals surface area contributed by atoms with Crippen LogP contribution < -0.4 is 5.32 Å². The molecule has 0 bridgehead atoms. The zero-order valence-electron chi connectivity index (χ0n) is 20.8. The lowest BCUT2D eigenvalue weighted by molar-refractivity contribution is -0.192. The average molecular weight is 562 g/mol. The van der Waals surface area contributed by atoms with E-state index in [1.165, 1.54) is 31.5 Å². The van der Waals surface area contributed by atoms with Gasteiger partial charge in [0.2, 0.25) is 0 Å². The fourth-order valence-corrected chi connectivity index (χ4v) is 3.99. The summed E-state index contributed by atoms with van der Waals surface area (Å²) in [7, 11) is 0. The highest BCUT2D eigenvalue weighted by atomic mass is 35.5. The normalized spacial score (nSPS) is 15.0. The van der Waals surface area contributed by atoms with E-state index in [0.717, 1.165) is 37.8 Å². The quantitative estimate of drug-likeness (QED) is 0.407. The van der Waals surface area contributed by atoms with Crippen LogP contribution in [0.15, 0.2) is 42.5 Å². The molecule has 11 heteroatoms. The third-order valence-corrected chi connectivity index (χ3v) is 6.46. The number of carboxylic acid groups (broad SMARTS) is 1. The fraction of sp³-hybridized carbons (Fsp3) is 0.462. The van der Waals surface area contributed by atoms with Crippen LogP contribution in [-0.4, -0.2) is 65.7 Å². The highest BCUT2D eigenvalue weighted by molar-refractivity contribution is 6.42. The molecule has 1 aliphatic heterocycles. The number of nitrogens with zero attached hydrogens (tertiary/aromatic N) is 2. The maximum absolute atomic E-state index is 12.5. The number of aliphatic carboxylic acids is 1. The Morgan fingerprint density at radius 2 is 1.65 bits per heavy atom. The van der Waals surface area contributed by atoms with E-state index in [1.54, 1.807) is 18.2 Å². The van der Waals surface area contributed by atoms with Crippen LogP contribution in [0.25, 0.3) is 0 Å². The van der Waals surface area contributed by atoms with E-state index in [2.05, 4.69) is 41.1 Å². The Bertz CT molecular complexity index is 1050. The Morgan fingerprint density at radius 1 is 1.00 bits per heavy atom. The zero-order chi connectivity index (χ0) is 27.6. The molecule has 0 saturated carbocycles. The molecular formula is C26H32Cl2F3N3O3. The molecule has 37 heavy (non-hydrogen) atoms. The predicted octanol–water partition coefficient (Wildman–Crippen LogP) is 6.43. The lowest BCUT2D eigenvalue weighted by Gasteiger charge is -2.22. The molecule has 1 fully saturated rings. The summed E-state index contributed by atoms with van der Waals surface area (Å²) in [4.78, 5) is 26.5. The molecule has 0 aliphatic carbocycles. The van der Waals surface area contributed by atoms with E-state index in [0.29, 0.717) is 15.6 Å². The molecule has 0 aromatic heterocycles. The maximum atomic E-state index is 12.5. The number of hydrogen-bond donors (Lipinski definition) is 2. The van der Waals surface area contributed by atoms with Gasteiger partial charge in [-0.15, -0.1) is 0 Å². The van der Waals surface area contributed by atoms with Gasteiger partial charge in [0.1, 0.15) is 0 Å². The highest BCUT2D eigenvalue weighted by Gasteiger charge is 2.38. The number of nitrogens with one attached hydrogen (secondary N) is 1. The van der Waals surface area contributed by atoms with Crippen molar-refractivity contribution in [2.75, 3.05) is 38.0 Å². The van der Waals surface area contributed by atoms with E-state index >= 15 is 0 Å². The van der Waals surface area contributed by atoms with Crippen molar-refractivity contribution < 1.29 is 27.9 Å². The molecule has 0 atom stereocenters. The molecule has 0 radical (unpaired) electrons. The van der Waals surface area contributed by atoms with Gasteiger partial charge in [0, 0.05) is 30.9 Å². The van der Waals surface area contributed by atoms with Crippen molar-refractivity contribution in [3.8, 4) is 0 Å². The SMILES string of the molecule is CC(C)CCN1CCCN(Cc2cccc(NC(=O)c3ccc(Cl)c(Cl)c3)c2)CC1.O=C(O)C(F)(F)F. The number of amides is 1. The number of anilines is 1. The van der Waals surface area contributed by atoms with Crippen LogP contribution in [0.5, 0.6) is 0 Å². The van der Waals surface area contributed by atoms with Crippen molar-refractivity contribution in [3.63, 3.8) is 0 Å². The van der Waals surface area contributed by atoms with Crippen molar-refractivity contribution in [2.45, 2.75) is 39.4 Å². The number of halogens is 5. The Kier molecular flexibility index (Phi) is 12.2. The van der Waals surface area contributed by atoms with Crippen molar-refractivity contribution >= 4 is 40.8 Å². The van der Waals surface area contributed by atoms with Gasteiger partial charge >= 0.3 is 12.1 Å². The fourth-order valence-electron chi connectivity index (χ4n) is 3.69. The molecule has 1 amide bonds. The van der Waals surface area contributed by atoms with Crippen LogP contribution in [0.3, 0.4) is 0 Å². The van der Waals surface area contributed by atoms with Crippen molar-refractivity contribution in [3.05, 3.63) is 63.6 Å². The van der Waals surface area contributed by atoms with E-state index < -0.39 is 12.1 Å². The van der Waals surface area contributed by atoms with Gasteiger partial charge in [-0.05, 0) is 74.3 Å². The topological polar surface area (TPSA) is 72.9 Å². The molecule has 1 saturated heterocycles.